The van der Waals surface area contributed by atoms with Crippen molar-refractivity contribution >= 4 is 10.9 Å². The monoisotopic (exact) mass is 358 g/mol. The van der Waals surface area contributed by atoms with Crippen molar-refractivity contribution in [3.05, 3.63) is 29.0 Å². The number of fused-ring (bicyclic) bond motifs is 2. The van der Waals surface area contributed by atoms with Gasteiger partial charge in [-0.15, -0.1) is 0 Å². The van der Waals surface area contributed by atoms with Crippen molar-refractivity contribution in [2.45, 2.75) is 45.2 Å². The standard InChI is InChI=1S/C21H27FN2O2/c1-14-16-5-3-6-18(16)23-19-12-21(20(25-2)11-17(14)19)26-10-4-8-24-9-7-15(22)13-24/h11-12,15H,3-10,13H2,1-2H3/t15-/m0/s1. The van der Waals surface area contributed by atoms with Crippen LogP contribution in [0.15, 0.2) is 12.1 Å². The van der Waals surface area contributed by atoms with E-state index in [-0.39, 0.29) is 0 Å². The average Bonchev–Trinajstić information content (AvgIpc) is 3.27. The number of benzene rings is 1. The second-order valence-corrected chi connectivity index (χ2v) is 7.42. The summed E-state index contributed by atoms with van der Waals surface area (Å²) in [7, 11) is 1.68. The molecule has 1 aliphatic carbocycles. The zero-order chi connectivity index (χ0) is 18.1. The molecule has 4 rings (SSSR count). The van der Waals surface area contributed by atoms with E-state index in [0.29, 0.717) is 19.6 Å². The van der Waals surface area contributed by atoms with E-state index in [1.165, 1.54) is 23.2 Å². The average molecular weight is 358 g/mol. The minimum atomic E-state index is -0.660. The number of aromatic nitrogens is 1. The second-order valence-electron chi connectivity index (χ2n) is 7.42. The van der Waals surface area contributed by atoms with E-state index < -0.39 is 6.17 Å². The molecule has 2 aliphatic rings. The number of alkyl halides is 1. The first-order valence-electron chi connectivity index (χ1n) is 9.65. The van der Waals surface area contributed by atoms with Crippen LogP contribution in [0.2, 0.25) is 0 Å². The lowest BCUT2D eigenvalue weighted by Gasteiger charge is -2.16. The van der Waals surface area contributed by atoms with E-state index >= 15 is 0 Å². The second kappa shape index (κ2) is 7.39. The molecule has 1 aromatic carbocycles. The fourth-order valence-corrected chi connectivity index (χ4v) is 4.24. The number of aryl methyl sites for hydroxylation is 2. The molecule has 26 heavy (non-hydrogen) atoms. The lowest BCUT2D eigenvalue weighted by molar-refractivity contribution is 0.243. The van der Waals surface area contributed by atoms with Gasteiger partial charge in [0.15, 0.2) is 11.5 Å². The molecule has 1 saturated heterocycles. The highest BCUT2D eigenvalue weighted by molar-refractivity contribution is 5.87. The molecule has 4 nitrogen and oxygen atoms in total. The van der Waals surface area contributed by atoms with Crippen LogP contribution in [-0.2, 0) is 12.8 Å². The molecule has 1 aliphatic heterocycles. The van der Waals surface area contributed by atoms with Gasteiger partial charge in [-0.05, 0) is 56.2 Å². The number of hydrogen-bond acceptors (Lipinski definition) is 4. The van der Waals surface area contributed by atoms with Crippen molar-refractivity contribution in [2.24, 2.45) is 0 Å². The maximum Gasteiger partial charge on any atom is 0.163 e. The normalized spacial score (nSPS) is 19.9. The molecule has 0 spiro atoms. The van der Waals surface area contributed by atoms with Gasteiger partial charge in [0.25, 0.3) is 0 Å². The summed E-state index contributed by atoms with van der Waals surface area (Å²) in [6.07, 6.45) is 4.27. The summed E-state index contributed by atoms with van der Waals surface area (Å²) < 4.78 is 24.8. The molecule has 0 radical (unpaired) electrons. The molecule has 1 fully saturated rings. The lowest BCUT2D eigenvalue weighted by Crippen LogP contribution is -2.23. The van der Waals surface area contributed by atoms with Crippen molar-refractivity contribution in [1.29, 1.82) is 0 Å². The fourth-order valence-electron chi connectivity index (χ4n) is 4.24. The first-order valence-corrected chi connectivity index (χ1v) is 9.65. The molecule has 2 heterocycles. The van der Waals surface area contributed by atoms with Crippen LogP contribution in [0.4, 0.5) is 4.39 Å². The van der Waals surface area contributed by atoms with Gasteiger partial charge in [-0.25, -0.2) is 4.39 Å². The number of likely N-dealkylation sites (tertiary alicyclic amines) is 1. The highest BCUT2D eigenvalue weighted by Crippen LogP contribution is 2.36. The third kappa shape index (κ3) is 3.37. The Morgan fingerprint density at radius 3 is 2.92 bits per heavy atom. The van der Waals surface area contributed by atoms with Crippen molar-refractivity contribution in [3.63, 3.8) is 0 Å². The number of hydrogen-bond donors (Lipinski definition) is 0. The van der Waals surface area contributed by atoms with Crippen LogP contribution in [0.25, 0.3) is 10.9 Å². The van der Waals surface area contributed by atoms with E-state index in [9.17, 15) is 4.39 Å². The van der Waals surface area contributed by atoms with E-state index in [2.05, 4.69) is 17.9 Å². The Hall–Kier alpha value is -1.88. The zero-order valence-electron chi connectivity index (χ0n) is 15.7. The molecular formula is C21H27FN2O2. The molecule has 0 amide bonds. The Labute approximate surface area is 154 Å². The van der Waals surface area contributed by atoms with Crippen molar-refractivity contribution in [3.8, 4) is 11.5 Å². The van der Waals surface area contributed by atoms with Gasteiger partial charge in [-0.1, -0.05) is 0 Å². The van der Waals surface area contributed by atoms with Crippen molar-refractivity contribution in [1.82, 2.24) is 9.88 Å². The Kier molecular flexibility index (Phi) is 4.98. The molecule has 0 unspecified atom stereocenters. The smallest absolute Gasteiger partial charge is 0.163 e. The largest absolute Gasteiger partial charge is 0.493 e. The summed E-state index contributed by atoms with van der Waals surface area (Å²) in [6.45, 7) is 5.07. The Morgan fingerprint density at radius 2 is 2.15 bits per heavy atom. The maximum absolute atomic E-state index is 13.2. The summed E-state index contributed by atoms with van der Waals surface area (Å²) in [4.78, 5) is 7.03. The third-order valence-corrected chi connectivity index (χ3v) is 5.67. The van der Waals surface area contributed by atoms with Gasteiger partial charge in [0, 0.05) is 36.8 Å². The first-order chi connectivity index (χ1) is 12.7. The van der Waals surface area contributed by atoms with Crippen molar-refractivity contribution in [2.75, 3.05) is 33.4 Å². The van der Waals surface area contributed by atoms with Crippen LogP contribution in [0.3, 0.4) is 0 Å². The highest BCUT2D eigenvalue weighted by atomic mass is 19.1. The van der Waals surface area contributed by atoms with E-state index in [4.69, 9.17) is 14.5 Å². The van der Waals surface area contributed by atoms with Gasteiger partial charge in [-0.3, -0.25) is 4.98 Å². The molecule has 0 saturated carbocycles. The van der Waals surface area contributed by atoms with E-state index in [1.54, 1.807) is 7.11 Å². The van der Waals surface area contributed by atoms with Gasteiger partial charge in [-0.2, -0.15) is 0 Å². The summed E-state index contributed by atoms with van der Waals surface area (Å²) >= 11 is 0. The first kappa shape index (κ1) is 17.5. The van der Waals surface area contributed by atoms with Gasteiger partial charge in [0.2, 0.25) is 0 Å². The SMILES string of the molecule is COc1cc2c(C)c3c(nc2cc1OCCCN1CC[C@H](F)C1)CCC3. The summed E-state index contributed by atoms with van der Waals surface area (Å²) in [5, 5.41) is 1.15. The number of ether oxygens (including phenoxy) is 2. The number of nitrogens with zero attached hydrogens (tertiary/aromatic N) is 2. The van der Waals surface area contributed by atoms with Gasteiger partial charge < -0.3 is 14.4 Å². The predicted molar refractivity (Wildman–Crippen MR) is 101 cm³/mol. The molecule has 2 aromatic rings. The minimum Gasteiger partial charge on any atom is -0.493 e. The molecular weight excluding hydrogens is 331 g/mol. The quantitative estimate of drug-likeness (QED) is 0.735. The summed E-state index contributed by atoms with van der Waals surface area (Å²) in [5.74, 6) is 1.50. The minimum absolute atomic E-state index is 0.563. The molecule has 5 heteroatoms. The summed E-state index contributed by atoms with van der Waals surface area (Å²) in [6, 6.07) is 4.06. The van der Waals surface area contributed by atoms with Crippen LogP contribution in [0, 0.1) is 6.92 Å². The van der Waals surface area contributed by atoms with Crippen LogP contribution in [0.1, 0.15) is 36.1 Å². The van der Waals surface area contributed by atoms with Gasteiger partial charge in [0.05, 0.1) is 19.2 Å². The molecule has 0 bridgehead atoms. The number of rotatable bonds is 6. The Balaban J connectivity index is 1.48. The number of halogens is 1. The maximum atomic E-state index is 13.2. The van der Waals surface area contributed by atoms with Crippen LogP contribution in [-0.4, -0.2) is 49.4 Å². The topological polar surface area (TPSA) is 34.6 Å². The zero-order valence-corrected chi connectivity index (χ0v) is 15.7. The Morgan fingerprint density at radius 1 is 1.27 bits per heavy atom. The van der Waals surface area contributed by atoms with E-state index in [0.717, 1.165) is 54.8 Å². The Bertz CT molecular complexity index is 808. The molecule has 0 N–H and O–H groups in total. The van der Waals surface area contributed by atoms with E-state index in [1.807, 2.05) is 6.07 Å². The lowest BCUT2D eigenvalue weighted by atomic mass is 10.0. The van der Waals surface area contributed by atoms with Gasteiger partial charge in [0.1, 0.15) is 6.17 Å². The van der Waals surface area contributed by atoms with Crippen molar-refractivity contribution < 1.29 is 13.9 Å². The van der Waals surface area contributed by atoms with Crippen LogP contribution in [0.5, 0.6) is 11.5 Å². The highest BCUT2D eigenvalue weighted by Gasteiger charge is 2.21. The fraction of sp³-hybridized carbons (Fsp3) is 0.571. The van der Waals surface area contributed by atoms with Gasteiger partial charge >= 0.3 is 0 Å². The molecule has 1 atom stereocenters. The molecule has 140 valence electrons. The third-order valence-electron chi connectivity index (χ3n) is 5.67. The number of pyridine rings is 1. The summed E-state index contributed by atoms with van der Waals surface area (Å²) in [5.41, 5.74) is 4.95. The number of methoxy groups -OCH3 is 1. The molecule has 1 aromatic heterocycles. The van der Waals surface area contributed by atoms with Crippen LogP contribution >= 0.6 is 0 Å². The van der Waals surface area contributed by atoms with Crippen LogP contribution < -0.4 is 9.47 Å². The predicted octanol–water partition coefficient (Wildman–Crippen LogP) is 3.85.